The number of nitrogens with one attached hydrogen (secondary N) is 1. The second-order valence-corrected chi connectivity index (χ2v) is 12.6. The molecule has 2 fully saturated rings. The Morgan fingerprint density at radius 3 is 2.41 bits per heavy atom. The van der Waals surface area contributed by atoms with Crippen molar-refractivity contribution >= 4 is 43.8 Å². The van der Waals surface area contributed by atoms with Gasteiger partial charge in [0.2, 0.25) is 11.8 Å². The molecule has 1 aromatic rings. The fraction of sp³-hybridized carbons (Fsp3) is 0.536. The Bertz CT molecular complexity index is 1190. The summed E-state index contributed by atoms with van der Waals surface area (Å²) in [6.45, 7) is 9.79. The molecule has 2 amide bonds. The summed E-state index contributed by atoms with van der Waals surface area (Å²) < 4.78 is 37.4. The van der Waals surface area contributed by atoms with E-state index in [2.05, 4.69) is 34.4 Å². The summed E-state index contributed by atoms with van der Waals surface area (Å²) in [4.78, 5) is 41.3. The van der Waals surface area contributed by atoms with Crippen LogP contribution in [-0.2, 0) is 33.4 Å². The Morgan fingerprint density at radius 2 is 1.82 bits per heavy atom. The van der Waals surface area contributed by atoms with Gasteiger partial charge in [0.15, 0.2) is 0 Å². The van der Waals surface area contributed by atoms with E-state index in [0.29, 0.717) is 17.4 Å². The van der Waals surface area contributed by atoms with Crippen LogP contribution in [0.4, 0.5) is 0 Å². The van der Waals surface area contributed by atoms with Gasteiger partial charge in [-0.3, -0.25) is 13.8 Å². The molecule has 1 aromatic carbocycles. The molecule has 0 unspecified atom stereocenters. The van der Waals surface area contributed by atoms with E-state index in [1.807, 2.05) is 6.08 Å². The summed E-state index contributed by atoms with van der Waals surface area (Å²) >= 11 is 3.28. The zero-order chi connectivity index (χ0) is 28.8. The van der Waals surface area contributed by atoms with Crippen LogP contribution in [0, 0.1) is 17.8 Å². The highest BCUT2D eigenvalue weighted by atomic mass is 79.9. The average Bonchev–Trinajstić information content (AvgIpc) is 3.46. The molecule has 0 bridgehead atoms. The number of hydrogen-bond acceptors (Lipinski definition) is 7. The number of esters is 1. The molecule has 0 radical (unpaired) electrons. The molecule has 2 aliphatic rings. The topological polar surface area (TPSA) is 119 Å². The zero-order valence-electron chi connectivity index (χ0n) is 22.4. The Hall–Kier alpha value is -2.50. The highest BCUT2D eigenvalue weighted by molar-refractivity contribution is 9.10. The molecule has 3 rings (SSSR count). The predicted molar refractivity (Wildman–Crippen MR) is 150 cm³/mol. The number of benzene rings is 1. The van der Waals surface area contributed by atoms with Crippen molar-refractivity contribution in [2.75, 3.05) is 20.2 Å². The van der Waals surface area contributed by atoms with Gasteiger partial charge in [0, 0.05) is 24.0 Å². The second-order valence-electron chi connectivity index (χ2n) is 10.1. The maximum absolute atomic E-state index is 13.6. The predicted octanol–water partition coefficient (Wildman–Crippen LogP) is 3.99. The summed E-state index contributed by atoms with van der Waals surface area (Å²) in [6, 6.07) is 6.03. The first-order chi connectivity index (χ1) is 18.5. The first-order valence-corrected chi connectivity index (χ1v) is 15.4. The molecule has 9 nitrogen and oxygen atoms in total. The van der Waals surface area contributed by atoms with E-state index in [9.17, 15) is 22.8 Å². The number of amides is 2. The van der Waals surface area contributed by atoms with Crippen molar-refractivity contribution in [1.82, 2.24) is 10.2 Å². The smallest absolute Gasteiger partial charge is 0.332 e. The third-order valence-corrected chi connectivity index (χ3v) is 9.26. The molecule has 0 spiro atoms. The molecule has 214 valence electrons. The normalized spacial score (nSPS) is 25.9. The van der Waals surface area contributed by atoms with E-state index in [4.69, 9.17) is 8.92 Å². The molecular weight excluding hydrogens is 588 g/mol. The number of carbonyl (C=O) groups is 3. The summed E-state index contributed by atoms with van der Waals surface area (Å²) in [5, 5.41) is 2.82. The minimum atomic E-state index is -4.13. The molecule has 39 heavy (non-hydrogen) atoms. The van der Waals surface area contributed by atoms with Crippen molar-refractivity contribution in [3.8, 4) is 0 Å². The highest BCUT2D eigenvalue weighted by Gasteiger charge is 2.62. The van der Waals surface area contributed by atoms with Gasteiger partial charge in [0.25, 0.3) is 10.1 Å². The lowest BCUT2D eigenvalue weighted by Gasteiger charge is -2.26. The number of halogens is 1. The maximum Gasteiger partial charge on any atom is 0.332 e. The van der Waals surface area contributed by atoms with Crippen molar-refractivity contribution in [3.05, 3.63) is 54.0 Å². The van der Waals surface area contributed by atoms with Crippen molar-refractivity contribution in [1.29, 1.82) is 0 Å². The Morgan fingerprint density at radius 1 is 1.15 bits per heavy atom. The monoisotopic (exact) mass is 624 g/mol. The Balaban J connectivity index is 1.80. The molecule has 5 atom stereocenters. The molecule has 0 saturated heterocycles. The third-order valence-electron chi connectivity index (χ3n) is 7.35. The van der Waals surface area contributed by atoms with Gasteiger partial charge in [-0.2, -0.15) is 8.42 Å². The standard InChI is InChI=1S/C28H37BrN2O7S/c1-5-8-9-10-15-31(4)26(33)24-17-21(38-39(35,36)22-13-11-20(29)12-14-22)16-23(24)25(32)30-28(18-19(28)6-2)27(34)37-7-3/h5-6,11-14,19,21,23-24H,1-2,7-10,15-18H2,3-4H3,(H,30,32)/t19-,21+,23-,24-,28-/m1/s1. The van der Waals surface area contributed by atoms with E-state index in [0.717, 1.165) is 19.3 Å². The van der Waals surface area contributed by atoms with Crippen molar-refractivity contribution in [2.24, 2.45) is 17.8 Å². The number of ether oxygens (including phenoxy) is 1. The van der Waals surface area contributed by atoms with Crippen molar-refractivity contribution in [3.63, 3.8) is 0 Å². The van der Waals surface area contributed by atoms with E-state index in [-0.39, 0.29) is 36.2 Å². The largest absolute Gasteiger partial charge is 0.464 e. The van der Waals surface area contributed by atoms with Crippen LogP contribution in [0.2, 0.25) is 0 Å². The zero-order valence-corrected chi connectivity index (χ0v) is 24.8. The van der Waals surface area contributed by atoms with Crippen LogP contribution in [0.15, 0.2) is 58.9 Å². The molecule has 11 heteroatoms. The minimum absolute atomic E-state index is 0.0139. The van der Waals surface area contributed by atoms with Crippen LogP contribution in [0.3, 0.4) is 0 Å². The quantitative estimate of drug-likeness (QED) is 0.144. The molecule has 0 aliphatic heterocycles. The van der Waals surface area contributed by atoms with E-state index >= 15 is 0 Å². The first-order valence-electron chi connectivity index (χ1n) is 13.2. The summed E-state index contributed by atoms with van der Waals surface area (Å²) in [6.07, 6.45) is 5.43. The van der Waals surface area contributed by atoms with Gasteiger partial charge in [0.05, 0.1) is 29.4 Å². The lowest BCUT2D eigenvalue weighted by atomic mass is 9.93. The molecular formula is C28H37BrN2O7S. The van der Waals surface area contributed by atoms with E-state index < -0.39 is 45.5 Å². The van der Waals surface area contributed by atoms with Crippen molar-refractivity contribution < 1.29 is 31.7 Å². The highest BCUT2D eigenvalue weighted by Crippen LogP contribution is 2.46. The number of carbonyl (C=O) groups excluding carboxylic acids is 3. The summed E-state index contributed by atoms with van der Waals surface area (Å²) in [5.41, 5.74) is -1.22. The van der Waals surface area contributed by atoms with Crippen LogP contribution >= 0.6 is 15.9 Å². The van der Waals surface area contributed by atoms with Crippen LogP contribution in [0.25, 0.3) is 0 Å². The third kappa shape index (κ3) is 7.37. The SMILES string of the molecule is C=CCCCCN(C)C(=O)[C@@H]1C[C@@H](OS(=O)(=O)c2ccc(Br)cc2)C[C@H]1C(=O)N[C@]1(C(=O)OCC)C[C@H]1C=C. The average molecular weight is 626 g/mol. The first kappa shape index (κ1) is 31.0. The fourth-order valence-corrected chi connectivity index (χ4v) is 6.43. The summed E-state index contributed by atoms with van der Waals surface area (Å²) in [5.74, 6) is -3.28. The second kappa shape index (κ2) is 13.2. The minimum Gasteiger partial charge on any atom is -0.464 e. The number of rotatable bonds is 14. The molecule has 0 aromatic heterocycles. The molecule has 0 heterocycles. The number of nitrogens with zero attached hydrogens (tertiary/aromatic N) is 1. The van der Waals surface area contributed by atoms with Gasteiger partial charge in [0.1, 0.15) is 5.54 Å². The van der Waals surface area contributed by atoms with E-state index in [1.165, 1.54) is 12.1 Å². The van der Waals surface area contributed by atoms with Gasteiger partial charge in [-0.15, -0.1) is 13.2 Å². The maximum atomic E-state index is 13.6. The van der Waals surface area contributed by atoms with Gasteiger partial charge >= 0.3 is 5.97 Å². The number of hydrogen-bond donors (Lipinski definition) is 1. The van der Waals surface area contributed by atoms with Gasteiger partial charge in [-0.25, -0.2) is 4.79 Å². The van der Waals surface area contributed by atoms with Crippen LogP contribution in [0.1, 0.15) is 45.4 Å². The lowest BCUT2D eigenvalue weighted by molar-refractivity contribution is -0.150. The molecule has 2 saturated carbocycles. The summed E-state index contributed by atoms with van der Waals surface area (Å²) in [7, 11) is -2.46. The molecule has 1 N–H and O–H groups in total. The Labute approximate surface area is 239 Å². The van der Waals surface area contributed by atoms with Gasteiger partial charge in [-0.1, -0.05) is 28.1 Å². The Kier molecular flexibility index (Phi) is 10.5. The lowest BCUT2D eigenvalue weighted by Crippen LogP contribution is -2.50. The molecule has 2 aliphatic carbocycles. The number of unbranched alkanes of at least 4 members (excludes halogenated alkanes) is 2. The van der Waals surface area contributed by atoms with E-state index in [1.54, 1.807) is 37.1 Å². The van der Waals surface area contributed by atoms with Gasteiger partial charge in [-0.05, 0) is 69.7 Å². The van der Waals surface area contributed by atoms with Crippen LogP contribution in [0.5, 0.6) is 0 Å². The van der Waals surface area contributed by atoms with Crippen LogP contribution in [-0.4, -0.2) is 62.9 Å². The van der Waals surface area contributed by atoms with Crippen LogP contribution < -0.4 is 5.32 Å². The number of allylic oxidation sites excluding steroid dienone is 1. The fourth-order valence-electron chi connectivity index (χ4n) is 5.07. The van der Waals surface area contributed by atoms with Crippen molar-refractivity contribution in [2.45, 2.75) is 62.0 Å². The van der Waals surface area contributed by atoms with Gasteiger partial charge < -0.3 is 15.0 Å².